The van der Waals surface area contributed by atoms with Crippen LogP contribution in [0, 0.1) is 0 Å². The normalized spacial score (nSPS) is 12.2. The molecule has 0 aliphatic heterocycles. The van der Waals surface area contributed by atoms with Gasteiger partial charge in [0.1, 0.15) is 11.8 Å². The number of hydrogen-bond donors (Lipinski definition) is 1. The molecule has 2 aromatic rings. The lowest BCUT2D eigenvalue weighted by atomic mass is 10.1. The molecule has 0 saturated carbocycles. The summed E-state index contributed by atoms with van der Waals surface area (Å²) in [5.74, 6) is 0.315. The Balaban J connectivity index is 2.16. The second-order valence-corrected chi connectivity index (χ2v) is 9.33. The lowest BCUT2D eigenvalue weighted by Crippen LogP contribution is -2.49. The monoisotopic (exact) mass is 461 g/mol. The molecule has 0 fully saturated rings. The van der Waals surface area contributed by atoms with Crippen LogP contribution in [0.4, 0.5) is 11.4 Å². The topological polar surface area (TPSA) is 79.0 Å². The van der Waals surface area contributed by atoms with E-state index in [0.29, 0.717) is 31.0 Å². The molecule has 0 heterocycles. The average Bonchev–Trinajstić information content (AvgIpc) is 2.77. The molecule has 0 aliphatic rings. The standard InChI is InChI=1S/C24H35N3O4S/c1-6-23(27(32(5,29)30)21-14-16-22(17-15-21)31-9-4)24(28)25-18-19-10-12-20(13-11-19)26(7-2)8-3/h10-17,23H,6-9,18H2,1-5H3,(H,25,28)/t23-/m0/s1. The first kappa shape index (κ1) is 25.5. The van der Waals surface area contributed by atoms with Crippen LogP contribution < -0.4 is 19.3 Å². The van der Waals surface area contributed by atoms with Gasteiger partial charge in [0.05, 0.1) is 18.6 Å². The van der Waals surface area contributed by atoms with Gasteiger partial charge in [-0.1, -0.05) is 19.1 Å². The largest absolute Gasteiger partial charge is 0.494 e. The van der Waals surface area contributed by atoms with E-state index >= 15 is 0 Å². The van der Waals surface area contributed by atoms with Crippen molar-refractivity contribution in [2.75, 3.05) is 35.2 Å². The van der Waals surface area contributed by atoms with E-state index in [0.717, 1.165) is 30.6 Å². The zero-order valence-corrected chi connectivity index (χ0v) is 20.5. The number of nitrogens with zero attached hydrogens (tertiary/aromatic N) is 2. The number of carbonyl (C=O) groups excluding carboxylic acids is 1. The highest BCUT2D eigenvalue weighted by molar-refractivity contribution is 7.92. The van der Waals surface area contributed by atoms with Crippen molar-refractivity contribution in [1.29, 1.82) is 0 Å². The van der Waals surface area contributed by atoms with Gasteiger partial charge < -0.3 is 15.0 Å². The van der Waals surface area contributed by atoms with E-state index in [9.17, 15) is 13.2 Å². The van der Waals surface area contributed by atoms with Crippen LogP contribution >= 0.6 is 0 Å². The maximum absolute atomic E-state index is 13.0. The molecule has 1 atom stereocenters. The van der Waals surface area contributed by atoms with Gasteiger partial charge in [-0.05, 0) is 69.2 Å². The Labute approximate surface area is 192 Å². The first-order chi connectivity index (χ1) is 15.2. The molecule has 0 unspecified atom stereocenters. The number of anilines is 2. The minimum absolute atomic E-state index is 0.328. The van der Waals surface area contributed by atoms with Crippen molar-refractivity contribution in [2.24, 2.45) is 0 Å². The Bertz CT molecular complexity index is 956. The zero-order chi connectivity index (χ0) is 23.7. The number of amides is 1. The average molecular weight is 462 g/mol. The van der Waals surface area contributed by atoms with E-state index in [1.165, 1.54) is 4.31 Å². The third-order valence-electron chi connectivity index (χ3n) is 5.26. The summed E-state index contributed by atoms with van der Waals surface area (Å²) in [6.45, 7) is 10.6. The second kappa shape index (κ2) is 11.8. The Morgan fingerprint density at radius 3 is 1.97 bits per heavy atom. The van der Waals surface area contributed by atoms with E-state index in [-0.39, 0.29) is 5.91 Å². The SMILES string of the molecule is CCOc1ccc(N([C@@H](CC)C(=O)NCc2ccc(N(CC)CC)cc2)S(C)(=O)=O)cc1. The second-order valence-electron chi connectivity index (χ2n) is 7.47. The highest BCUT2D eigenvalue weighted by Crippen LogP contribution is 2.25. The number of nitrogens with one attached hydrogen (secondary N) is 1. The van der Waals surface area contributed by atoms with Crippen molar-refractivity contribution in [2.45, 2.75) is 46.7 Å². The van der Waals surface area contributed by atoms with Gasteiger partial charge in [-0.15, -0.1) is 0 Å². The molecule has 32 heavy (non-hydrogen) atoms. The predicted molar refractivity (Wildman–Crippen MR) is 131 cm³/mol. The molecular formula is C24H35N3O4S. The smallest absolute Gasteiger partial charge is 0.244 e. The molecule has 1 N–H and O–H groups in total. The van der Waals surface area contributed by atoms with Crippen molar-refractivity contribution >= 4 is 27.3 Å². The number of rotatable bonds is 12. The fraction of sp³-hybridized carbons (Fsp3) is 0.458. The zero-order valence-electron chi connectivity index (χ0n) is 19.7. The van der Waals surface area contributed by atoms with E-state index in [2.05, 4.69) is 24.1 Å². The first-order valence-corrected chi connectivity index (χ1v) is 12.9. The van der Waals surface area contributed by atoms with E-state index in [4.69, 9.17) is 4.74 Å². The van der Waals surface area contributed by atoms with Crippen LogP contribution in [-0.4, -0.2) is 46.3 Å². The van der Waals surface area contributed by atoms with Gasteiger partial charge in [0.2, 0.25) is 15.9 Å². The van der Waals surface area contributed by atoms with E-state index in [1.54, 1.807) is 31.2 Å². The van der Waals surface area contributed by atoms with Crippen molar-refractivity contribution in [3.8, 4) is 5.75 Å². The highest BCUT2D eigenvalue weighted by atomic mass is 32.2. The van der Waals surface area contributed by atoms with Crippen molar-refractivity contribution in [1.82, 2.24) is 5.32 Å². The van der Waals surface area contributed by atoms with Gasteiger partial charge in [0, 0.05) is 25.3 Å². The van der Waals surface area contributed by atoms with Crippen LogP contribution in [0.15, 0.2) is 48.5 Å². The molecule has 176 valence electrons. The molecular weight excluding hydrogens is 426 g/mol. The third kappa shape index (κ3) is 6.63. The van der Waals surface area contributed by atoms with Gasteiger partial charge in [-0.3, -0.25) is 9.10 Å². The first-order valence-electron chi connectivity index (χ1n) is 11.1. The summed E-state index contributed by atoms with van der Waals surface area (Å²) < 4.78 is 31.8. The van der Waals surface area contributed by atoms with E-state index < -0.39 is 16.1 Å². The molecule has 0 aliphatic carbocycles. The molecule has 8 heteroatoms. The molecule has 0 aromatic heterocycles. The molecule has 1 amide bonds. The molecule has 0 radical (unpaired) electrons. The highest BCUT2D eigenvalue weighted by Gasteiger charge is 2.31. The van der Waals surface area contributed by atoms with Crippen molar-refractivity contribution in [3.05, 3.63) is 54.1 Å². The fourth-order valence-electron chi connectivity index (χ4n) is 3.64. The van der Waals surface area contributed by atoms with Gasteiger partial charge in [0.25, 0.3) is 0 Å². The maximum atomic E-state index is 13.0. The molecule has 0 bridgehead atoms. The summed E-state index contributed by atoms with van der Waals surface area (Å²) in [5.41, 5.74) is 2.52. The Kier molecular flexibility index (Phi) is 9.38. The quantitative estimate of drug-likeness (QED) is 0.520. The lowest BCUT2D eigenvalue weighted by molar-refractivity contribution is -0.122. The summed E-state index contributed by atoms with van der Waals surface area (Å²) in [4.78, 5) is 15.2. The van der Waals surface area contributed by atoms with Crippen LogP contribution in [0.5, 0.6) is 5.75 Å². The third-order valence-corrected chi connectivity index (χ3v) is 6.44. The van der Waals surface area contributed by atoms with Crippen molar-refractivity contribution < 1.29 is 17.9 Å². The van der Waals surface area contributed by atoms with Crippen LogP contribution in [0.3, 0.4) is 0 Å². The van der Waals surface area contributed by atoms with E-state index in [1.807, 2.05) is 31.2 Å². The molecule has 2 rings (SSSR count). The molecule has 0 saturated heterocycles. The molecule has 7 nitrogen and oxygen atoms in total. The number of benzene rings is 2. The van der Waals surface area contributed by atoms with Crippen LogP contribution in [0.2, 0.25) is 0 Å². The van der Waals surface area contributed by atoms with Gasteiger partial charge >= 0.3 is 0 Å². The van der Waals surface area contributed by atoms with Gasteiger partial charge in [0.15, 0.2) is 0 Å². The lowest BCUT2D eigenvalue weighted by Gasteiger charge is -2.30. The fourth-order valence-corrected chi connectivity index (χ4v) is 4.85. The number of hydrogen-bond acceptors (Lipinski definition) is 5. The minimum atomic E-state index is -3.68. The number of sulfonamides is 1. The van der Waals surface area contributed by atoms with Gasteiger partial charge in [-0.2, -0.15) is 0 Å². The molecule has 0 spiro atoms. The Morgan fingerprint density at radius 1 is 0.938 bits per heavy atom. The minimum Gasteiger partial charge on any atom is -0.494 e. The Morgan fingerprint density at radius 2 is 1.50 bits per heavy atom. The summed E-state index contributed by atoms with van der Waals surface area (Å²) >= 11 is 0. The Hall–Kier alpha value is -2.74. The van der Waals surface area contributed by atoms with Crippen LogP contribution in [-0.2, 0) is 21.4 Å². The number of ether oxygens (including phenoxy) is 1. The summed E-state index contributed by atoms with van der Waals surface area (Å²) in [5, 5.41) is 2.90. The summed E-state index contributed by atoms with van der Waals surface area (Å²) in [7, 11) is -3.68. The summed E-state index contributed by atoms with van der Waals surface area (Å²) in [6, 6.07) is 13.9. The van der Waals surface area contributed by atoms with Crippen LogP contribution in [0.25, 0.3) is 0 Å². The van der Waals surface area contributed by atoms with Crippen LogP contribution in [0.1, 0.15) is 39.7 Å². The predicted octanol–water partition coefficient (Wildman–Crippen LogP) is 3.79. The maximum Gasteiger partial charge on any atom is 0.244 e. The molecule has 2 aromatic carbocycles. The van der Waals surface area contributed by atoms with Gasteiger partial charge in [-0.25, -0.2) is 8.42 Å². The van der Waals surface area contributed by atoms with Crippen molar-refractivity contribution in [3.63, 3.8) is 0 Å². The number of carbonyl (C=O) groups is 1. The summed E-state index contributed by atoms with van der Waals surface area (Å²) in [6.07, 6.45) is 1.46.